The third kappa shape index (κ3) is 3.25. The van der Waals surface area contributed by atoms with Gasteiger partial charge in [0.25, 0.3) is 5.95 Å². The number of nitrogens with zero attached hydrogens (tertiary/aromatic N) is 4. The summed E-state index contributed by atoms with van der Waals surface area (Å²) in [4.78, 5) is 22.1. The van der Waals surface area contributed by atoms with Gasteiger partial charge in [0.05, 0.1) is 0 Å². The molecule has 1 aliphatic carbocycles. The van der Waals surface area contributed by atoms with Gasteiger partial charge in [-0.15, -0.1) is 0 Å². The zero-order valence-electron chi connectivity index (χ0n) is 16.5. The van der Waals surface area contributed by atoms with E-state index in [1.165, 1.54) is 51.4 Å². The molecule has 0 radical (unpaired) electrons. The van der Waals surface area contributed by atoms with Crippen LogP contribution >= 0.6 is 0 Å². The smallest absolute Gasteiger partial charge is 0.266 e. The van der Waals surface area contributed by atoms with E-state index in [-0.39, 0.29) is 0 Å². The Morgan fingerprint density at radius 1 is 1.07 bits per heavy atom. The van der Waals surface area contributed by atoms with Crippen LogP contribution in [0.15, 0.2) is 4.52 Å². The molecule has 2 bridgehead atoms. The first-order valence-corrected chi connectivity index (χ1v) is 11.1. The normalized spacial score (nSPS) is 34.6. The van der Waals surface area contributed by atoms with Crippen molar-refractivity contribution < 1.29 is 9.32 Å². The van der Waals surface area contributed by atoms with E-state index in [1.54, 1.807) is 0 Å². The zero-order valence-corrected chi connectivity index (χ0v) is 16.5. The first-order chi connectivity index (χ1) is 13.2. The Kier molecular flexibility index (Phi) is 4.60. The number of rotatable bonds is 3. The van der Waals surface area contributed by atoms with Gasteiger partial charge >= 0.3 is 0 Å². The van der Waals surface area contributed by atoms with E-state index in [2.05, 4.69) is 19.9 Å². The lowest BCUT2D eigenvalue weighted by atomic mass is 9.69. The second kappa shape index (κ2) is 7.10. The van der Waals surface area contributed by atoms with Crippen LogP contribution in [0.1, 0.15) is 70.1 Å². The number of carbonyl (C=O) groups is 1. The molecular formula is C21H32N4O2. The van der Waals surface area contributed by atoms with E-state index in [0.29, 0.717) is 35.7 Å². The summed E-state index contributed by atoms with van der Waals surface area (Å²) in [5, 5.41) is 4.19. The monoisotopic (exact) mass is 372 g/mol. The van der Waals surface area contributed by atoms with Gasteiger partial charge in [-0.25, -0.2) is 0 Å². The molecule has 4 fully saturated rings. The molecule has 5 rings (SSSR count). The third-order valence-corrected chi connectivity index (χ3v) is 7.60. The summed E-state index contributed by atoms with van der Waals surface area (Å²) < 4.78 is 5.24. The molecule has 6 heteroatoms. The van der Waals surface area contributed by atoms with E-state index in [1.807, 2.05) is 6.92 Å². The predicted molar refractivity (Wildman–Crippen MR) is 102 cm³/mol. The summed E-state index contributed by atoms with van der Waals surface area (Å²) in [5.41, 5.74) is 0. The molecule has 0 aromatic carbocycles. The molecule has 1 aromatic rings. The second-order valence-corrected chi connectivity index (χ2v) is 9.34. The standard InChI is InChI=1S/C21H32N4O2/c1-14-22-21(23-27-14)24-12-16-11-17(13-24)19(10-15-6-3-2-4-7-15)25-18(16)8-5-9-20(25)26/h15-19H,2-13H2,1H3/t16-,17+,18+,19+/m1/s1. The van der Waals surface area contributed by atoms with Gasteiger partial charge < -0.3 is 14.3 Å². The summed E-state index contributed by atoms with van der Waals surface area (Å²) in [7, 11) is 0. The minimum absolute atomic E-state index is 0.415. The van der Waals surface area contributed by atoms with Gasteiger partial charge in [0.2, 0.25) is 11.8 Å². The number of aromatic nitrogens is 2. The van der Waals surface area contributed by atoms with Gasteiger partial charge in [-0.3, -0.25) is 4.79 Å². The Morgan fingerprint density at radius 3 is 2.67 bits per heavy atom. The highest BCUT2D eigenvalue weighted by Gasteiger charge is 2.50. The summed E-state index contributed by atoms with van der Waals surface area (Å²) in [6, 6.07) is 0.838. The molecule has 3 aliphatic heterocycles. The Balaban J connectivity index is 1.41. The molecule has 0 N–H and O–H groups in total. The second-order valence-electron chi connectivity index (χ2n) is 9.34. The van der Waals surface area contributed by atoms with E-state index >= 15 is 0 Å². The average Bonchev–Trinajstić information content (AvgIpc) is 3.12. The first-order valence-electron chi connectivity index (χ1n) is 11.1. The molecule has 3 saturated heterocycles. The Labute approximate surface area is 161 Å². The number of hydrogen-bond donors (Lipinski definition) is 0. The maximum atomic E-state index is 12.9. The van der Waals surface area contributed by atoms with E-state index in [4.69, 9.17) is 4.52 Å². The molecule has 4 atom stereocenters. The van der Waals surface area contributed by atoms with Crippen LogP contribution < -0.4 is 4.90 Å². The molecule has 6 nitrogen and oxygen atoms in total. The Morgan fingerprint density at radius 2 is 1.89 bits per heavy atom. The minimum Gasteiger partial charge on any atom is -0.338 e. The predicted octanol–water partition coefficient (Wildman–Crippen LogP) is 3.55. The van der Waals surface area contributed by atoms with Gasteiger partial charge in [-0.2, -0.15) is 4.98 Å². The van der Waals surface area contributed by atoms with Gasteiger partial charge in [-0.05, 0) is 48.6 Å². The van der Waals surface area contributed by atoms with Crippen LogP contribution in [-0.4, -0.2) is 46.1 Å². The molecule has 1 amide bonds. The molecule has 4 aliphatic rings. The third-order valence-electron chi connectivity index (χ3n) is 7.60. The van der Waals surface area contributed by atoms with Crippen molar-refractivity contribution in [3.63, 3.8) is 0 Å². The first kappa shape index (κ1) is 17.5. The summed E-state index contributed by atoms with van der Waals surface area (Å²) >= 11 is 0. The molecule has 0 spiro atoms. The molecule has 1 aromatic heterocycles. The van der Waals surface area contributed by atoms with Crippen molar-refractivity contribution >= 4 is 11.9 Å². The van der Waals surface area contributed by atoms with Crippen LogP contribution in [0.25, 0.3) is 0 Å². The number of hydrogen-bond acceptors (Lipinski definition) is 5. The molecule has 0 unspecified atom stereocenters. The minimum atomic E-state index is 0.415. The lowest BCUT2D eigenvalue weighted by molar-refractivity contribution is -0.149. The van der Waals surface area contributed by atoms with E-state index in [0.717, 1.165) is 37.8 Å². The van der Waals surface area contributed by atoms with E-state index in [9.17, 15) is 4.79 Å². The van der Waals surface area contributed by atoms with Crippen LogP contribution in [0.3, 0.4) is 0 Å². The number of fused-ring (bicyclic) bond motifs is 4. The number of carbonyl (C=O) groups excluding carboxylic acids is 1. The van der Waals surface area contributed by atoms with Crippen LogP contribution in [0, 0.1) is 24.7 Å². The summed E-state index contributed by atoms with van der Waals surface area (Å²) in [6.45, 7) is 3.78. The fraction of sp³-hybridized carbons (Fsp3) is 0.857. The van der Waals surface area contributed by atoms with Crippen molar-refractivity contribution in [3.8, 4) is 0 Å². The van der Waals surface area contributed by atoms with Gasteiger partial charge in [0.1, 0.15) is 0 Å². The number of amides is 1. The Hall–Kier alpha value is -1.59. The molecular weight excluding hydrogens is 340 g/mol. The Bertz CT molecular complexity index is 683. The summed E-state index contributed by atoms with van der Waals surface area (Å²) in [6.07, 6.45) is 12.3. The van der Waals surface area contributed by atoms with Crippen LogP contribution in [0.2, 0.25) is 0 Å². The van der Waals surface area contributed by atoms with Crippen LogP contribution in [0.5, 0.6) is 0 Å². The van der Waals surface area contributed by atoms with Crippen molar-refractivity contribution in [3.05, 3.63) is 5.89 Å². The highest BCUT2D eigenvalue weighted by molar-refractivity contribution is 5.78. The molecule has 1 saturated carbocycles. The zero-order chi connectivity index (χ0) is 18.4. The highest BCUT2D eigenvalue weighted by atomic mass is 16.5. The van der Waals surface area contributed by atoms with Gasteiger partial charge in [0.15, 0.2) is 0 Å². The molecule has 4 heterocycles. The average molecular weight is 373 g/mol. The highest BCUT2D eigenvalue weighted by Crippen LogP contribution is 2.45. The van der Waals surface area contributed by atoms with Crippen LogP contribution in [0.4, 0.5) is 5.95 Å². The number of anilines is 1. The van der Waals surface area contributed by atoms with Crippen molar-refractivity contribution in [1.29, 1.82) is 0 Å². The molecule has 148 valence electrons. The fourth-order valence-corrected chi connectivity index (χ4v) is 6.42. The fourth-order valence-electron chi connectivity index (χ4n) is 6.42. The van der Waals surface area contributed by atoms with Crippen molar-refractivity contribution in [2.75, 3.05) is 18.0 Å². The quantitative estimate of drug-likeness (QED) is 0.812. The van der Waals surface area contributed by atoms with Gasteiger partial charge in [0, 0.05) is 38.5 Å². The largest absolute Gasteiger partial charge is 0.338 e. The topological polar surface area (TPSA) is 62.5 Å². The maximum absolute atomic E-state index is 12.9. The van der Waals surface area contributed by atoms with Crippen LogP contribution in [-0.2, 0) is 4.79 Å². The number of aryl methyl sites for hydroxylation is 1. The SMILES string of the molecule is Cc1nc(N2C[C@H]3C[C@@H](C2)[C@H](CC2CCCCC2)N2C(=O)CCC[C@@H]32)no1. The maximum Gasteiger partial charge on any atom is 0.266 e. The van der Waals surface area contributed by atoms with Crippen molar-refractivity contribution in [2.24, 2.45) is 17.8 Å². The van der Waals surface area contributed by atoms with Crippen molar-refractivity contribution in [1.82, 2.24) is 15.0 Å². The van der Waals surface area contributed by atoms with Gasteiger partial charge in [-0.1, -0.05) is 32.1 Å². The summed E-state index contributed by atoms with van der Waals surface area (Å²) in [5.74, 6) is 3.70. The lowest BCUT2D eigenvalue weighted by Gasteiger charge is -2.57. The molecule has 27 heavy (non-hydrogen) atoms. The van der Waals surface area contributed by atoms with Crippen molar-refractivity contribution in [2.45, 2.75) is 83.2 Å². The van der Waals surface area contributed by atoms with E-state index < -0.39 is 0 Å². The lowest BCUT2D eigenvalue weighted by Crippen LogP contribution is -2.65. The number of piperidine rings is 3.